The van der Waals surface area contributed by atoms with Crippen molar-refractivity contribution in [3.05, 3.63) is 60.2 Å². The van der Waals surface area contributed by atoms with Gasteiger partial charge in [-0.25, -0.2) is 8.42 Å². The lowest BCUT2D eigenvalue weighted by molar-refractivity contribution is -0.123. The predicted molar refractivity (Wildman–Crippen MR) is 107 cm³/mol. The van der Waals surface area contributed by atoms with Gasteiger partial charge < -0.3 is 10.1 Å². The molecular weight excluding hydrogens is 376 g/mol. The average molecular weight is 403 g/mol. The van der Waals surface area contributed by atoms with Crippen LogP contribution in [0.5, 0.6) is 5.75 Å². The molecule has 1 fully saturated rings. The van der Waals surface area contributed by atoms with Crippen LogP contribution in [0.1, 0.15) is 31.9 Å². The van der Waals surface area contributed by atoms with Gasteiger partial charge in [-0.05, 0) is 55.0 Å². The molecule has 1 aliphatic rings. The second kappa shape index (κ2) is 8.32. The van der Waals surface area contributed by atoms with Crippen molar-refractivity contribution in [3.8, 4) is 5.75 Å². The van der Waals surface area contributed by atoms with Crippen LogP contribution in [0, 0.1) is 11.8 Å². The quantitative estimate of drug-likeness (QED) is 0.711. The molecule has 150 valence electrons. The molecule has 6 nitrogen and oxygen atoms in total. The number of hydrogen-bond donors (Lipinski definition) is 2. The standard InChI is InChI=1S/C21H26N2O4S/c1-14-13-19(14)20(16-7-5-4-6-8-16)22-21(24)15(2)23-28(25,26)18-11-9-17(27-3)10-12-18/h4-12,14-15,19-20,23H,13H2,1-3H3,(H,22,24)/t14?,15-,19?,20?/m0/s1. The first-order valence-electron chi connectivity index (χ1n) is 9.33. The zero-order valence-electron chi connectivity index (χ0n) is 16.3. The third kappa shape index (κ3) is 4.72. The molecule has 1 saturated carbocycles. The van der Waals surface area contributed by atoms with Crippen LogP contribution in [0.15, 0.2) is 59.5 Å². The van der Waals surface area contributed by atoms with Gasteiger partial charge in [0.05, 0.1) is 24.1 Å². The maximum atomic E-state index is 12.7. The van der Waals surface area contributed by atoms with E-state index in [0.717, 1.165) is 12.0 Å². The highest BCUT2D eigenvalue weighted by molar-refractivity contribution is 7.89. The number of methoxy groups -OCH3 is 1. The Labute approximate surface area is 166 Å². The van der Waals surface area contributed by atoms with Crippen LogP contribution in [0.3, 0.4) is 0 Å². The molecule has 2 aromatic rings. The molecule has 0 heterocycles. The van der Waals surface area contributed by atoms with Crippen molar-refractivity contribution >= 4 is 15.9 Å². The molecule has 1 aliphatic carbocycles. The second-order valence-electron chi connectivity index (χ2n) is 7.29. The molecule has 0 saturated heterocycles. The minimum Gasteiger partial charge on any atom is -0.497 e. The topological polar surface area (TPSA) is 84.5 Å². The number of ether oxygens (including phenoxy) is 1. The van der Waals surface area contributed by atoms with Crippen LogP contribution in [0.25, 0.3) is 0 Å². The van der Waals surface area contributed by atoms with E-state index in [4.69, 9.17) is 4.74 Å². The van der Waals surface area contributed by atoms with Crippen molar-refractivity contribution in [1.29, 1.82) is 0 Å². The molecule has 1 amide bonds. The van der Waals surface area contributed by atoms with Gasteiger partial charge >= 0.3 is 0 Å². The Morgan fingerprint density at radius 2 is 1.71 bits per heavy atom. The lowest BCUT2D eigenvalue weighted by Gasteiger charge is -2.22. The van der Waals surface area contributed by atoms with Crippen LogP contribution in [0.2, 0.25) is 0 Å². The van der Waals surface area contributed by atoms with Gasteiger partial charge in [-0.1, -0.05) is 37.3 Å². The summed E-state index contributed by atoms with van der Waals surface area (Å²) in [7, 11) is -2.30. The molecule has 0 aliphatic heterocycles. The molecule has 3 unspecified atom stereocenters. The maximum Gasteiger partial charge on any atom is 0.241 e. The number of benzene rings is 2. The van der Waals surface area contributed by atoms with Gasteiger partial charge in [-0.2, -0.15) is 4.72 Å². The summed E-state index contributed by atoms with van der Waals surface area (Å²) in [6.45, 7) is 3.71. The summed E-state index contributed by atoms with van der Waals surface area (Å²) >= 11 is 0. The van der Waals surface area contributed by atoms with Crippen molar-refractivity contribution in [2.75, 3.05) is 7.11 Å². The fraction of sp³-hybridized carbons (Fsp3) is 0.381. The van der Waals surface area contributed by atoms with E-state index >= 15 is 0 Å². The molecule has 0 radical (unpaired) electrons. The molecule has 28 heavy (non-hydrogen) atoms. The summed E-state index contributed by atoms with van der Waals surface area (Å²) in [5, 5.41) is 3.03. The molecule has 4 atom stereocenters. The van der Waals surface area contributed by atoms with Gasteiger partial charge in [-0.3, -0.25) is 4.79 Å². The van der Waals surface area contributed by atoms with Crippen LogP contribution < -0.4 is 14.8 Å². The summed E-state index contributed by atoms with van der Waals surface area (Å²) < 4.78 is 32.6. The zero-order chi connectivity index (χ0) is 20.3. The Balaban J connectivity index is 1.69. The SMILES string of the molecule is COc1ccc(S(=O)(=O)N[C@@H](C)C(=O)NC(c2ccccc2)C2CC2C)cc1. The first-order valence-corrected chi connectivity index (χ1v) is 10.8. The average Bonchev–Trinajstić information content (AvgIpc) is 3.42. The van der Waals surface area contributed by atoms with Crippen LogP contribution in [-0.2, 0) is 14.8 Å². The van der Waals surface area contributed by atoms with Gasteiger partial charge in [0.25, 0.3) is 0 Å². The van der Waals surface area contributed by atoms with E-state index in [9.17, 15) is 13.2 Å². The molecular formula is C21H26N2O4S. The molecule has 2 aromatic carbocycles. The zero-order valence-corrected chi connectivity index (χ0v) is 17.1. The summed E-state index contributed by atoms with van der Waals surface area (Å²) in [5.41, 5.74) is 1.04. The van der Waals surface area contributed by atoms with Gasteiger partial charge in [0, 0.05) is 0 Å². The van der Waals surface area contributed by atoms with Crippen molar-refractivity contribution in [1.82, 2.24) is 10.0 Å². The highest BCUT2D eigenvalue weighted by atomic mass is 32.2. The van der Waals surface area contributed by atoms with Crippen LogP contribution in [0.4, 0.5) is 0 Å². The maximum absolute atomic E-state index is 12.7. The number of carbonyl (C=O) groups excluding carboxylic acids is 1. The van der Waals surface area contributed by atoms with E-state index in [1.54, 1.807) is 19.1 Å². The number of rotatable bonds is 8. The summed E-state index contributed by atoms with van der Waals surface area (Å²) in [5.74, 6) is 1.13. The fourth-order valence-electron chi connectivity index (χ4n) is 3.30. The number of amides is 1. The van der Waals surface area contributed by atoms with E-state index in [2.05, 4.69) is 17.0 Å². The van der Waals surface area contributed by atoms with E-state index in [-0.39, 0.29) is 16.8 Å². The van der Waals surface area contributed by atoms with Gasteiger partial charge in [0.15, 0.2) is 0 Å². The van der Waals surface area contributed by atoms with Crippen molar-refractivity contribution in [3.63, 3.8) is 0 Å². The number of nitrogens with one attached hydrogen (secondary N) is 2. The third-order valence-corrected chi connectivity index (χ3v) is 6.71. The molecule has 7 heteroatoms. The fourth-order valence-corrected chi connectivity index (χ4v) is 4.50. The van der Waals surface area contributed by atoms with Gasteiger partial charge in [0.1, 0.15) is 5.75 Å². The molecule has 2 N–H and O–H groups in total. The second-order valence-corrected chi connectivity index (χ2v) is 9.01. The molecule has 0 spiro atoms. The molecule has 3 rings (SSSR count). The summed E-state index contributed by atoms with van der Waals surface area (Å²) in [6.07, 6.45) is 1.05. The number of carbonyl (C=O) groups is 1. The van der Waals surface area contributed by atoms with Crippen molar-refractivity contribution in [2.45, 2.75) is 37.2 Å². The summed E-state index contributed by atoms with van der Waals surface area (Å²) in [6, 6.07) is 14.8. The smallest absolute Gasteiger partial charge is 0.241 e. The Hall–Kier alpha value is -2.38. The lowest BCUT2D eigenvalue weighted by atomic mass is 10.0. The Morgan fingerprint density at radius 3 is 2.25 bits per heavy atom. The third-order valence-electron chi connectivity index (χ3n) is 5.15. The lowest BCUT2D eigenvalue weighted by Crippen LogP contribution is -2.46. The minimum absolute atomic E-state index is 0.0865. The minimum atomic E-state index is -3.81. The van der Waals surface area contributed by atoms with E-state index in [1.165, 1.54) is 19.2 Å². The first kappa shape index (κ1) is 20.4. The molecule has 0 bridgehead atoms. The number of sulfonamides is 1. The van der Waals surface area contributed by atoms with Gasteiger partial charge in [0.2, 0.25) is 15.9 Å². The summed E-state index contributed by atoms with van der Waals surface area (Å²) in [4.78, 5) is 12.8. The van der Waals surface area contributed by atoms with E-state index in [0.29, 0.717) is 17.6 Å². The molecule has 0 aromatic heterocycles. The van der Waals surface area contributed by atoms with Crippen molar-refractivity contribution < 1.29 is 17.9 Å². The highest BCUT2D eigenvalue weighted by Gasteiger charge is 2.41. The Morgan fingerprint density at radius 1 is 1.11 bits per heavy atom. The highest BCUT2D eigenvalue weighted by Crippen LogP contribution is 2.46. The normalized spacial score (nSPS) is 20.8. The van der Waals surface area contributed by atoms with Crippen LogP contribution in [-0.4, -0.2) is 27.5 Å². The van der Waals surface area contributed by atoms with Gasteiger partial charge in [-0.15, -0.1) is 0 Å². The van der Waals surface area contributed by atoms with Crippen LogP contribution >= 0.6 is 0 Å². The first-order chi connectivity index (χ1) is 13.3. The van der Waals surface area contributed by atoms with E-state index in [1.807, 2.05) is 30.3 Å². The Bertz CT molecular complexity index is 913. The van der Waals surface area contributed by atoms with E-state index < -0.39 is 16.1 Å². The Kier molecular flexibility index (Phi) is 6.05. The largest absolute Gasteiger partial charge is 0.497 e. The monoisotopic (exact) mass is 402 g/mol. The predicted octanol–water partition coefficient (Wildman–Crippen LogP) is 2.88. The van der Waals surface area contributed by atoms with Crippen molar-refractivity contribution in [2.24, 2.45) is 11.8 Å². The number of hydrogen-bond acceptors (Lipinski definition) is 4.